The van der Waals surface area contributed by atoms with Crippen LogP contribution in [-0.2, 0) is 6.54 Å². The first-order valence-electron chi connectivity index (χ1n) is 9.66. The van der Waals surface area contributed by atoms with Crippen LogP contribution in [0.5, 0.6) is 5.75 Å². The third-order valence-corrected chi connectivity index (χ3v) is 5.34. The van der Waals surface area contributed by atoms with Crippen molar-refractivity contribution < 1.29 is 9.53 Å². The van der Waals surface area contributed by atoms with E-state index in [1.807, 2.05) is 55.0 Å². The summed E-state index contributed by atoms with van der Waals surface area (Å²) in [5.74, 6) is 1.32. The number of rotatable bonds is 6. The Morgan fingerprint density at radius 3 is 2.73 bits per heavy atom. The number of nitrogens with two attached hydrogens (primary N) is 1. The number of carbonyl (C=O) groups is 1. The number of hydrogen-bond donors (Lipinski definition) is 2. The van der Waals surface area contributed by atoms with Gasteiger partial charge in [-0.1, -0.05) is 19.9 Å². The molecule has 4 aromatic rings. The van der Waals surface area contributed by atoms with Crippen LogP contribution in [0.25, 0.3) is 16.9 Å². The van der Waals surface area contributed by atoms with E-state index in [4.69, 9.17) is 10.5 Å². The van der Waals surface area contributed by atoms with E-state index in [1.165, 1.54) is 0 Å². The number of methoxy groups -OCH3 is 1. The first kappa shape index (κ1) is 21.3. The fourth-order valence-electron chi connectivity index (χ4n) is 3.04. The molecule has 0 unspecified atom stereocenters. The average molecular weight is 424 g/mol. The van der Waals surface area contributed by atoms with Crippen molar-refractivity contribution in [2.45, 2.75) is 27.3 Å². The van der Waals surface area contributed by atoms with Gasteiger partial charge < -0.3 is 15.8 Å². The van der Waals surface area contributed by atoms with E-state index in [0.29, 0.717) is 23.7 Å². The SMILES string of the molecule is CC.COc1cc2c(cc1C)ncn2-c1ccc(C(N)=O)c(NCc2cccs2)n1. The van der Waals surface area contributed by atoms with E-state index in [1.54, 1.807) is 36.9 Å². The van der Waals surface area contributed by atoms with Gasteiger partial charge in [-0.25, -0.2) is 9.97 Å². The number of ether oxygens (including phenoxy) is 1. The number of anilines is 1. The highest BCUT2D eigenvalue weighted by Crippen LogP contribution is 2.27. The summed E-state index contributed by atoms with van der Waals surface area (Å²) >= 11 is 1.63. The van der Waals surface area contributed by atoms with Crippen LogP contribution < -0.4 is 15.8 Å². The largest absolute Gasteiger partial charge is 0.496 e. The molecule has 8 heteroatoms. The molecular formula is C22H25N5O2S. The molecule has 0 aliphatic carbocycles. The van der Waals surface area contributed by atoms with Crippen molar-refractivity contribution in [1.29, 1.82) is 0 Å². The fourth-order valence-corrected chi connectivity index (χ4v) is 3.69. The van der Waals surface area contributed by atoms with Gasteiger partial charge in [0.05, 0.1) is 30.3 Å². The van der Waals surface area contributed by atoms with E-state index in [-0.39, 0.29) is 0 Å². The van der Waals surface area contributed by atoms with E-state index >= 15 is 0 Å². The lowest BCUT2D eigenvalue weighted by molar-refractivity contribution is 0.100. The molecular weight excluding hydrogens is 398 g/mol. The minimum Gasteiger partial charge on any atom is -0.496 e. The molecule has 0 aliphatic heterocycles. The van der Waals surface area contributed by atoms with Gasteiger partial charge >= 0.3 is 0 Å². The number of carbonyl (C=O) groups excluding carboxylic acids is 1. The Labute approximate surface area is 179 Å². The van der Waals surface area contributed by atoms with Gasteiger partial charge in [0.2, 0.25) is 0 Å². The zero-order chi connectivity index (χ0) is 21.7. The average Bonchev–Trinajstić information content (AvgIpc) is 3.42. The topological polar surface area (TPSA) is 95.1 Å². The second-order valence-electron chi connectivity index (χ2n) is 6.29. The molecule has 156 valence electrons. The molecule has 0 aliphatic rings. The van der Waals surface area contributed by atoms with Crippen LogP contribution in [-0.4, -0.2) is 27.6 Å². The van der Waals surface area contributed by atoms with Crippen molar-refractivity contribution >= 4 is 34.1 Å². The van der Waals surface area contributed by atoms with Gasteiger partial charge in [0.1, 0.15) is 23.7 Å². The summed E-state index contributed by atoms with van der Waals surface area (Å²) in [4.78, 5) is 22.1. The monoisotopic (exact) mass is 423 g/mol. The Balaban J connectivity index is 0.00000124. The van der Waals surface area contributed by atoms with Crippen molar-refractivity contribution in [2.75, 3.05) is 12.4 Å². The quantitative estimate of drug-likeness (QED) is 0.475. The lowest BCUT2D eigenvalue weighted by atomic mass is 10.2. The number of amides is 1. The summed E-state index contributed by atoms with van der Waals surface area (Å²) < 4.78 is 7.29. The van der Waals surface area contributed by atoms with E-state index in [0.717, 1.165) is 27.2 Å². The summed E-state index contributed by atoms with van der Waals surface area (Å²) in [7, 11) is 1.64. The van der Waals surface area contributed by atoms with Crippen molar-refractivity contribution in [3.05, 3.63) is 64.1 Å². The number of hydrogen-bond acceptors (Lipinski definition) is 6. The molecule has 1 aromatic carbocycles. The molecule has 0 bridgehead atoms. The smallest absolute Gasteiger partial charge is 0.252 e. The highest BCUT2D eigenvalue weighted by atomic mass is 32.1. The second-order valence-corrected chi connectivity index (χ2v) is 7.32. The maximum absolute atomic E-state index is 11.8. The summed E-state index contributed by atoms with van der Waals surface area (Å²) in [5.41, 5.74) is 8.59. The minimum absolute atomic E-state index is 0.346. The number of fused-ring (bicyclic) bond motifs is 1. The Morgan fingerprint density at radius 2 is 2.07 bits per heavy atom. The molecule has 3 aromatic heterocycles. The second kappa shape index (κ2) is 9.41. The van der Waals surface area contributed by atoms with Crippen LogP contribution in [0.1, 0.15) is 34.6 Å². The molecule has 3 N–H and O–H groups in total. The van der Waals surface area contributed by atoms with Crippen molar-refractivity contribution in [2.24, 2.45) is 5.73 Å². The van der Waals surface area contributed by atoms with Gasteiger partial charge in [0, 0.05) is 10.9 Å². The van der Waals surface area contributed by atoms with E-state index in [2.05, 4.69) is 15.3 Å². The number of nitrogens with one attached hydrogen (secondary N) is 1. The lowest BCUT2D eigenvalue weighted by Gasteiger charge is -2.12. The summed E-state index contributed by atoms with van der Waals surface area (Å²) in [5, 5.41) is 5.22. The van der Waals surface area contributed by atoms with Gasteiger partial charge in [0.15, 0.2) is 0 Å². The fraction of sp³-hybridized carbons (Fsp3) is 0.227. The molecule has 1 amide bonds. The Morgan fingerprint density at radius 1 is 1.27 bits per heavy atom. The zero-order valence-electron chi connectivity index (χ0n) is 17.5. The van der Waals surface area contributed by atoms with Crippen LogP contribution in [0, 0.1) is 6.92 Å². The van der Waals surface area contributed by atoms with Crippen LogP contribution in [0.15, 0.2) is 48.1 Å². The first-order valence-corrected chi connectivity index (χ1v) is 10.5. The molecule has 0 saturated carbocycles. The zero-order valence-corrected chi connectivity index (χ0v) is 18.3. The number of aromatic nitrogens is 3. The Bertz CT molecular complexity index is 1150. The third kappa shape index (κ3) is 4.28. The van der Waals surface area contributed by atoms with Crippen molar-refractivity contribution in [1.82, 2.24) is 14.5 Å². The molecule has 0 radical (unpaired) electrons. The van der Waals surface area contributed by atoms with Crippen LogP contribution in [0.3, 0.4) is 0 Å². The number of imidazole rings is 1. The van der Waals surface area contributed by atoms with Crippen molar-refractivity contribution in [3.63, 3.8) is 0 Å². The Kier molecular flexibility index (Phi) is 6.68. The summed E-state index contributed by atoms with van der Waals surface area (Å²) in [6, 6.07) is 11.3. The van der Waals surface area contributed by atoms with Gasteiger partial charge in [-0.3, -0.25) is 9.36 Å². The van der Waals surface area contributed by atoms with Gasteiger partial charge in [-0.15, -0.1) is 11.3 Å². The predicted molar refractivity (Wildman–Crippen MR) is 122 cm³/mol. The molecule has 3 heterocycles. The van der Waals surface area contributed by atoms with Crippen molar-refractivity contribution in [3.8, 4) is 11.6 Å². The molecule has 0 spiro atoms. The maximum Gasteiger partial charge on any atom is 0.252 e. The standard InChI is InChI=1S/C20H19N5O2S.C2H6/c1-12-8-15-16(9-17(12)27-2)25(11-23-15)18-6-5-14(19(21)26)20(24-18)22-10-13-4-3-7-28-13;1-2/h3-9,11H,10H2,1-2H3,(H2,21,26)(H,22,24);1-2H3. The maximum atomic E-state index is 11.8. The molecule has 7 nitrogen and oxygen atoms in total. The lowest BCUT2D eigenvalue weighted by Crippen LogP contribution is -2.16. The number of pyridine rings is 1. The molecule has 0 saturated heterocycles. The third-order valence-electron chi connectivity index (χ3n) is 4.47. The highest BCUT2D eigenvalue weighted by molar-refractivity contribution is 7.09. The normalized spacial score (nSPS) is 10.4. The number of aryl methyl sites for hydroxylation is 1. The summed E-state index contributed by atoms with van der Waals surface area (Å²) in [6.07, 6.45) is 1.71. The van der Waals surface area contributed by atoms with Gasteiger partial charge in [-0.2, -0.15) is 0 Å². The van der Waals surface area contributed by atoms with Crippen LogP contribution >= 0.6 is 11.3 Å². The molecule has 30 heavy (non-hydrogen) atoms. The first-order chi connectivity index (χ1) is 14.6. The van der Waals surface area contributed by atoms with Crippen LogP contribution in [0.2, 0.25) is 0 Å². The van der Waals surface area contributed by atoms with Crippen LogP contribution in [0.4, 0.5) is 5.82 Å². The summed E-state index contributed by atoms with van der Waals surface area (Å²) in [6.45, 7) is 6.54. The molecule has 0 atom stereocenters. The van der Waals surface area contributed by atoms with Gasteiger partial charge in [0.25, 0.3) is 5.91 Å². The molecule has 0 fully saturated rings. The van der Waals surface area contributed by atoms with Gasteiger partial charge in [-0.05, 0) is 42.1 Å². The number of benzene rings is 1. The minimum atomic E-state index is -0.527. The highest BCUT2D eigenvalue weighted by Gasteiger charge is 2.14. The number of primary amides is 1. The Hall–Kier alpha value is -3.39. The van der Waals surface area contributed by atoms with E-state index in [9.17, 15) is 4.79 Å². The predicted octanol–water partition coefficient (Wildman–Crippen LogP) is 4.54. The molecule has 4 rings (SSSR count). The van der Waals surface area contributed by atoms with E-state index < -0.39 is 5.91 Å². The number of thiophene rings is 1. The number of nitrogens with zero attached hydrogens (tertiary/aromatic N) is 3.